The van der Waals surface area contributed by atoms with Crippen molar-refractivity contribution in [2.24, 2.45) is 0 Å². The molecule has 4 rings (SSSR count). The fraction of sp³-hybridized carbons (Fsp3) is 0.200. The van der Waals surface area contributed by atoms with Gasteiger partial charge in [0.1, 0.15) is 0 Å². The second-order valence-corrected chi connectivity index (χ2v) is 7.87. The molecule has 1 fully saturated rings. The van der Waals surface area contributed by atoms with E-state index in [1.165, 1.54) is 18.2 Å². The minimum absolute atomic E-state index is 0.0447. The molecule has 0 bridgehead atoms. The van der Waals surface area contributed by atoms with Crippen LogP contribution in [0.25, 0.3) is 0 Å². The summed E-state index contributed by atoms with van der Waals surface area (Å²) >= 11 is 0. The molecule has 1 aliphatic heterocycles. The van der Waals surface area contributed by atoms with Crippen LogP contribution in [0.4, 0.5) is 17.1 Å². The molecule has 0 atom stereocenters. The van der Waals surface area contributed by atoms with Gasteiger partial charge in [0.05, 0.1) is 16.2 Å². The van der Waals surface area contributed by atoms with Crippen molar-refractivity contribution in [3.63, 3.8) is 0 Å². The van der Waals surface area contributed by atoms with Gasteiger partial charge in [-0.05, 0) is 43.3 Å². The van der Waals surface area contributed by atoms with E-state index in [1.54, 1.807) is 36.1 Å². The van der Waals surface area contributed by atoms with E-state index in [0.29, 0.717) is 29.9 Å². The van der Waals surface area contributed by atoms with E-state index in [9.17, 15) is 19.7 Å². The zero-order valence-corrected chi connectivity index (χ0v) is 18.2. The van der Waals surface area contributed by atoms with E-state index in [1.807, 2.05) is 18.2 Å². The van der Waals surface area contributed by atoms with Gasteiger partial charge in [-0.1, -0.05) is 30.3 Å². The molecule has 0 saturated carbocycles. The highest BCUT2D eigenvalue weighted by molar-refractivity contribution is 6.09. The SMILES string of the molecule is Cc1cc(C(=O)Nc2ccccc2C(=O)N2CCN(c3ccccc3)CC2)ccc1[N+](=O)[O-]. The number of nitro benzene ring substituents is 1. The van der Waals surface area contributed by atoms with Crippen molar-refractivity contribution in [3.8, 4) is 0 Å². The topological polar surface area (TPSA) is 95.8 Å². The molecular weight excluding hydrogens is 420 g/mol. The van der Waals surface area contributed by atoms with Crippen LogP contribution in [-0.2, 0) is 0 Å². The van der Waals surface area contributed by atoms with Gasteiger partial charge in [0, 0.05) is 49.1 Å². The number of anilines is 2. The average molecular weight is 444 g/mol. The Morgan fingerprint density at radius 1 is 0.909 bits per heavy atom. The Morgan fingerprint density at radius 3 is 2.24 bits per heavy atom. The zero-order chi connectivity index (χ0) is 23.4. The summed E-state index contributed by atoms with van der Waals surface area (Å²) in [5.41, 5.74) is 2.60. The standard InChI is InChI=1S/C25H24N4O4/c1-18-17-19(11-12-23(18)29(32)33)24(30)26-22-10-6-5-9-21(22)25(31)28-15-13-27(14-16-28)20-7-3-2-4-8-20/h2-12,17H,13-16H2,1H3,(H,26,30). The van der Waals surface area contributed by atoms with Gasteiger partial charge in [-0.25, -0.2) is 0 Å². The first kappa shape index (κ1) is 22.0. The number of piperazine rings is 1. The predicted octanol–water partition coefficient (Wildman–Crippen LogP) is 4.12. The van der Waals surface area contributed by atoms with Gasteiger partial charge in [-0.2, -0.15) is 0 Å². The number of nitro groups is 1. The minimum Gasteiger partial charge on any atom is -0.368 e. The highest BCUT2D eigenvalue weighted by Gasteiger charge is 2.24. The Bertz CT molecular complexity index is 1190. The van der Waals surface area contributed by atoms with Crippen LogP contribution < -0.4 is 10.2 Å². The molecule has 8 nitrogen and oxygen atoms in total. The lowest BCUT2D eigenvalue weighted by Crippen LogP contribution is -2.48. The van der Waals surface area contributed by atoms with Crippen molar-refractivity contribution in [1.29, 1.82) is 0 Å². The summed E-state index contributed by atoms with van der Waals surface area (Å²) in [6.45, 7) is 4.20. The molecule has 0 unspecified atom stereocenters. The third-order valence-corrected chi connectivity index (χ3v) is 5.75. The van der Waals surface area contributed by atoms with Gasteiger partial charge < -0.3 is 15.1 Å². The molecule has 1 N–H and O–H groups in total. The number of benzene rings is 3. The fourth-order valence-electron chi connectivity index (χ4n) is 3.95. The van der Waals surface area contributed by atoms with Crippen molar-refractivity contribution in [3.05, 3.63) is 99.6 Å². The molecule has 8 heteroatoms. The predicted molar refractivity (Wildman–Crippen MR) is 127 cm³/mol. The van der Waals surface area contributed by atoms with E-state index in [4.69, 9.17) is 0 Å². The molecule has 33 heavy (non-hydrogen) atoms. The normalized spacial score (nSPS) is 13.5. The largest absolute Gasteiger partial charge is 0.368 e. The van der Waals surface area contributed by atoms with Gasteiger partial charge in [0.2, 0.25) is 0 Å². The van der Waals surface area contributed by atoms with Crippen LogP contribution in [0.1, 0.15) is 26.3 Å². The molecule has 0 aliphatic carbocycles. The molecule has 1 heterocycles. The van der Waals surface area contributed by atoms with Crippen LogP contribution in [-0.4, -0.2) is 47.8 Å². The second kappa shape index (κ2) is 9.52. The smallest absolute Gasteiger partial charge is 0.272 e. The Kier molecular flexibility index (Phi) is 6.35. The third kappa shape index (κ3) is 4.85. The monoisotopic (exact) mass is 444 g/mol. The number of aryl methyl sites for hydroxylation is 1. The molecule has 3 aromatic rings. The van der Waals surface area contributed by atoms with Crippen LogP contribution in [0.5, 0.6) is 0 Å². The van der Waals surface area contributed by atoms with Gasteiger partial charge in [0.15, 0.2) is 0 Å². The molecule has 168 valence electrons. The second-order valence-electron chi connectivity index (χ2n) is 7.87. The Balaban J connectivity index is 1.46. The number of nitrogens with one attached hydrogen (secondary N) is 1. The molecule has 1 aliphatic rings. The summed E-state index contributed by atoms with van der Waals surface area (Å²) < 4.78 is 0. The Labute approximate surface area is 191 Å². The minimum atomic E-state index is -0.484. The van der Waals surface area contributed by atoms with E-state index in [2.05, 4.69) is 22.3 Å². The molecule has 0 aromatic heterocycles. The summed E-state index contributed by atoms with van der Waals surface area (Å²) in [5, 5.41) is 13.8. The van der Waals surface area contributed by atoms with E-state index >= 15 is 0 Å². The van der Waals surface area contributed by atoms with Crippen molar-refractivity contribution in [2.75, 3.05) is 36.4 Å². The maximum atomic E-state index is 13.2. The number of nitrogens with zero attached hydrogens (tertiary/aromatic N) is 3. The Hall–Kier alpha value is -4.20. The average Bonchev–Trinajstić information content (AvgIpc) is 2.84. The van der Waals surface area contributed by atoms with Crippen LogP contribution in [0, 0.1) is 17.0 Å². The lowest BCUT2D eigenvalue weighted by atomic mass is 10.1. The van der Waals surface area contributed by atoms with Crippen molar-refractivity contribution in [2.45, 2.75) is 6.92 Å². The maximum absolute atomic E-state index is 13.2. The number of hydrogen-bond acceptors (Lipinski definition) is 5. The highest BCUT2D eigenvalue weighted by Crippen LogP contribution is 2.23. The first-order valence-electron chi connectivity index (χ1n) is 10.7. The number of amides is 2. The summed E-state index contributed by atoms with van der Waals surface area (Å²) in [7, 11) is 0. The van der Waals surface area contributed by atoms with Crippen LogP contribution in [0.3, 0.4) is 0 Å². The Morgan fingerprint density at radius 2 is 1.58 bits per heavy atom. The molecule has 2 amide bonds. The molecule has 0 radical (unpaired) electrons. The maximum Gasteiger partial charge on any atom is 0.272 e. The van der Waals surface area contributed by atoms with Crippen molar-refractivity contribution in [1.82, 2.24) is 4.90 Å². The first-order chi connectivity index (χ1) is 15.9. The van der Waals surface area contributed by atoms with Crippen LogP contribution in [0.15, 0.2) is 72.8 Å². The summed E-state index contributed by atoms with van der Waals surface area (Å²) in [5.74, 6) is -0.569. The van der Waals surface area contributed by atoms with Gasteiger partial charge in [0.25, 0.3) is 17.5 Å². The molecular formula is C25H24N4O4. The number of rotatable bonds is 5. The third-order valence-electron chi connectivity index (χ3n) is 5.75. The quantitative estimate of drug-likeness (QED) is 0.472. The lowest BCUT2D eigenvalue weighted by Gasteiger charge is -2.36. The zero-order valence-electron chi connectivity index (χ0n) is 18.2. The number of carbonyl (C=O) groups excluding carboxylic acids is 2. The number of carbonyl (C=O) groups is 2. The van der Waals surface area contributed by atoms with Gasteiger partial charge in [-0.3, -0.25) is 19.7 Å². The van der Waals surface area contributed by atoms with Gasteiger partial charge in [-0.15, -0.1) is 0 Å². The van der Waals surface area contributed by atoms with Crippen LogP contribution >= 0.6 is 0 Å². The van der Waals surface area contributed by atoms with E-state index in [0.717, 1.165) is 18.8 Å². The molecule has 1 saturated heterocycles. The molecule has 3 aromatic carbocycles. The van der Waals surface area contributed by atoms with E-state index in [-0.39, 0.29) is 17.2 Å². The summed E-state index contributed by atoms with van der Waals surface area (Å²) in [6.07, 6.45) is 0. The van der Waals surface area contributed by atoms with Gasteiger partial charge >= 0.3 is 0 Å². The summed E-state index contributed by atoms with van der Waals surface area (Å²) in [6, 6.07) is 21.2. The van der Waals surface area contributed by atoms with E-state index < -0.39 is 10.8 Å². The lowest BCUT2D eigenvalue weighted by molar-refractivity contribution is -0.385. The highest BCUT2D eigenvalue weighted by atomic mass is 16.6. The number of para-hydroxylation sites is 2. The summed E-state index contributed by atoms with van der Waals surface area (Å²) in [4.78, 5) is 40.6. The van der Waals surface area contributed by atoms with Crippen molar-refractivity contribution >= 4 is 28.9 Å². The first-order valence-corrected chi connectivity index (χ1v) is 10.7. The fourth-order valence-corrected chi connectivity index (χ4v) is 3.95. The molecule has 0 spiro atoms. The number of hydrogen-bond donors (Lipinski definition) is 1. The van der Waals surface area contributed by atoms with Crippen LogP contribution in [0.2, 0.25) is 0 Å². The van der Waals surface area contributed by atoms with Crippen molar-refractivity contribution < 1.29 is 14.5 Å².